The molecule has 1 aromatic heterocycles. The molecule has 0 atom stereocenters. The number of carbonyl (C=O) groups is 1. The number of aromatic nitrogens is 3. The lowest BCUT2D eigenvalue weighted by Gasteiger charge is -2.08. The molecular weight excluding hydrogens is 307 g/mol. The van der Waals surface area contributed by atoms with Crippen LogP contribution in [0.5, 0.6) is 0 Å². The summed E-state index contributed by atoms with van der Waals surface area (Å²) in [6, 6.07) is 13.1. The molecule has 3 rings (SSSR count). The van der Waals surface area contributed by atoms with Gasteiger partial charge in [-0.25, -0.2) is 9.07 Å². The Morgan fingerprint density at radius 3 is 2.54 bits per heavy atom. The van der Waals surface area contributed by atoms with Gasteiger partial charge in [0.2, 0.25) is 0 Å². The van der Waals surface area contributed by atoms with Crippen LogP contribution in [0.2, 0.25) is 0 Å². The minimum Gasteiger partial charge on any atom is -0.349 e. The quantitative estimate of drug-likeness (QED) is 0.735. The van der Waals surface area contributed by atoms with Gasteiger partial charge >= 0.3 is 0 Å². The highest BCUT2D eigenvalue weighted by atomic mass is 19.1. The Morgan fingerprint density at radius 1 is 1.17 bits per heavy atom. The summed E-state index contributed by atoms with van der Waals surface area (Å²) in [4.78, 5) is 11.9. The summed E-state index contributed by atoms with van der Waals surface area (Å²) in [7, 11) is 0. The summed E-state index contributed by atoms with van der Waals surface area (Å²) < 4.78 is 14.7. The molecule has 0 spiro atoms. The maximum atomic E-state index is 13.1. The summed E-state index contributed by atoms with van der Waals surface area (Å²) in [5.74, 6) is -0.466. The lowest BCUT2D eigenvalue weighted by Crippen LogP contribution is -2.23. The van der Waals surface area contributed by atoms with Crippen LogP contribution in [0.4, 0.5) is 4.39 Å². The van der Waals surface area contributed by atoms with E-state index in [1.165, 1.54) is 12.1 Å². The lowest BCUT2D eigenvalue weighted by molar-refractivity contribution is 0.0958. The summed E-state index contributed by atoms with van der Waals surface area (Å²) in [6.07, 6.45) is 3.23. The van der Waals surface area contributed by atoms with Gasteiger partial charge in [-0.3, -0.25) is 4.79 Å². The van der Waals surface area contributed by atoms with Gasteiger partial charge in [-0.2, -0.15) is 0 Å². The minimum absolute atomic E-state index is 0.168. The van der Waals surface area contributed by atoms with Crippen molar-refractivity contribution in [1.29, 1.82) is 0 Å². The number of nitrogens with zero attached hydrogens (tertiary/aromatic N) is 3. The fourth-order valence-corrected chi connectivity index (χ4v) is 2.26. The number of hydrogen-bond donors (Lipinski definition) is 1. The molecule has 0 aliphatic rings. The van der Waals surface area contributed by atoms with E-state index < -0.39 is 0 Å². The number of nitrogens with one attached hydrogen (secondary N) is 1. The molecule has 0 unspecified atom stereocenters. The van der Waals surface area contributed by atoms with E-state index in [4.69, 9.17) is 0 Å². The average molecular weight is 322 g/mol. The largest absolute Gasteiger partial charge is 0.349 e. The van der Waals surface area contributed by atoms with Gasteiger partial charge in [-0.05, 0) is 48.5 Å². The van der Waals surface area contributed by atoms with Crippen LogP contribution in [-0.4, -0.2) is 27.4 Å². The second-order valence-corrected chi connectivity index (χ2v) is 5.08. The standard InChI is InChI=1S/C18H15FN4O/c1-2-11-20-18(24)14-5-9-16(10-6-14)23-17(12-21-22-23)13-3-7-15(19)8-4-13/h2-10,12H,1,11H2,(H,20,24). The third-order valence-electron chi connectivity index (χ3n) is 3.47. The van der Waals surface area contributed by atoms with Crippen molar-refractivity contribution < 1.29 is 9.18 Å². The molecule has 0 aliphatic heterocycles. The monoisotopic (exact) mass is 322 g/mol. The second kappa shape index (κ2) is 6.87. The van der Waals surface area contributed by atoms with Gasteiger partial charge in [-0.15, -0.1) is 11.7 Å². The van der Waals surface area contributed by atoms with Crippen LogP contribution < -0.4 is 5.32 Å². The van der Waals surface area contributed by atoms with E-state index in [9.17, 15) is 9.18 Å². The molecule has 2 aromatic carbocycles. The van der Waals surface area contributed by atoms with Crippen LogP contribution in [0.15, 0.2) is 67.4 Å². The van der Waals surface area contributed by atoms with E-state index >= 15 is 0 Å². The second-order valence-electron chi connectivity index (χ2n) is 5.08. The van der Waals surface area contributed by atoms with Gasteiger partial charge in [0, 0.05) is 17.7 Å². The number of halogens is 1. The Balaban J connectivity index is 1.88. The molecule has 1 heterocycles. The first kappa shape index (κ1) is 15.6. The molecule has 0 fully saturated rings. The minimum atomic E-state index is -0.298. The molecule has 24 heavy (non-hydrogen) atoms. The van der Waals surface area contributed by atoms with Crippen molar-refractivity contribution in [2.45, 2.75) is 0 Å². The zero-order valence-electron chi connectivity index (χ0n) is 12.8. The van der Waals surface area contributed by atoms with E-state index in [0.29, 0.717) is 12.1 Å². The summed E-state index contributed by atoms with van der Waals surface area (Å²) in [5.41, 5.74) is 2.84. The first-order valence-electron chi connectivity index (χ1n) is 7.35. The number of hydrogen-bond acceptors (Lipinski definition) is 3. The summed E-state index contributed by atoms with van der Waals surface area (Å²) >= 11 is 0. The number of benzene rings is 2. The van der Waals surface area contributed by atoms with Crippen LogP contribution in [0.3, 0.4) is 0 Å². The van der Waals surface area contributed by atoms with Crippen molar-refractivity contribution in [3.63, 3.8) is 0 Å². The normalized spacial score (nSPS) is 10.4. The smallest absolute Gasteiger partial charge is 0.251 e. The molecule has 0 radical (unpaired) electrons. The maximum absolute atomic E-state index is 13.1. The van der Waals surface area contributed by atoms with E-state index in [-0.39, 0.29) is 11.7 Å². The summed E-state index contributed by atoms with van der Waals surface area (Å²) in [5, 5.41) is 10.7. The van der Waals surface area contributed by atoms with Gasteiger partial charge in [-0.1, -0.05) is 11.3 Å². The number of rotatable bonds is 5. The van der Waals surface area contributed by atoms with Gasteiger partial charge in [0.05, 0.1) is 17.6 Å². The van der Waals surface area contributed by atoms with E-state index in [0.717, 1.165) is 16.9 Å². The Morgan fingerprint density at radius 2 is 1.88 bits per heavy atom. The molecular formula is C18H15FN4O. The first-order valence-corrected chi connectivity index (χ1v) is 7.35. The zero-order valence-corrected chi connectivity index (χ0v) is 12.8. The van der Waals surface area contributed by atoms with Crippen molar-refractivity contribution in [3.05, 3.63) is 78.8 Å². The Bertz CT molecular complexity index is 853. The van der Waals surface area contributed by atoms with Crippen molar-refractivity contribution in [3.8, 4) is 16.9 Å². The molecule has 0 aliphatic carbocycles. The SMILES string of the molecule is C=CCNC(=O)c1ccc(-n2nncc2-c2ccc(F)cc2)cc1. The molecule has 120 valence electrons. The van der Waals surface area contributed by atoms with Crippen LogP contribution in [0, 0.1) is 5.82 Å². The molecule has 6 heteroatoms. The summed E-state index contributed by atoms with van der Waals surface area (Å²) in [6.45, 7) is 3.98. The topological polar surface area (TPSA) is 59.8 Å². The predicted molar refractivity (Wildman–Crippen MR) is 89.3 cm³/mol. The van der Waals surface area contributed by atoms with Crippen molar-refractivity contribution in [2.24, 2.45) is 0 Å². The van der Waals surface area contributed by atoms with Gasteiger partial charge in [0.1, 0.15) is 5.82 Å². The highest BCUT2D eigenvalue weighted by molar-refractivity contribution is 5.94. The van der Waals surface area contributed by atoms with Gasteiger partial charge in [0.25, 0.3) is 5.91 Å². The highest BCUT2D eigenvalue weighted by Gasteiger charge is 2.10. The maximum Gasteiger partial charge on any atom is 0.251 e. The van der Waals surface area contributed by atoms with Crippen molar-refractivity contribution in [2.75, 3.05) is 6.54 Å². The van der Waals surface area contributed by atoms with Gasteiger partial charge in [0.15, 0.2) is 0 Å². The van der Waals surface area contributed by atoms with E-state index in [2.05, 4.69) is 22.2 Å². The highest BCUT2D eigenvalue weighted by Crippen LogP contribution is 2.21. The molecule has 0 bridgehead atoms. The van der Waals surface area contributed by atoms with Crippen LogP contribution >= 0.6 is 0 Å². The number of carbonyl (C=O) groups excluding carboxylic acids is 1. The molecule has 0 saturated carbocycles. The van der Waals surface area contributed by atoms with Crippen LogP contribution in [-0.2, 0) is 0 Å². The van der Waals surface area contributed by atoms with E-state index in [1.54, 1.807) is 53.4 Å². The third kappa shape index (κ3) is 3.22. The fraction of sp³-hybridized carbons (Fsp3) is 0.0556. The first-order chi connectivity index (χ1) is 11.7. The Kier molecular flexibility index (Phi) is 4.47. The van der Waals surface area contributed by atoms with Crippen molar-refractivity contribution >= 4 is 5.91 Å². The molecule has 1 amide bonds. The zero-order chi connectivity index (χ0) is 16.9. The Hall–Kier alpha value is -3.28. The predicted octanol–water partition coefficient (Wildman–Crippen LogP) is 2.99. The molecule has 0 saturated heterocycles. The van der Waals surface area contributed by atoms with Gasteiger partial charge < -0.3 is 5.32 Å². The fourth-order valence-electron chi connectivity index (χ4n) is 2.26. The van der Waals surface area contributed by atoms with Crippen LogP contribution in [0.25, 0.3) is 16.9 Å². The molecule has 3 aromatic rings. The van der Waals surface area contributed by atoms with Crippen molar-refractivity contribution in [1.82, 2.24) is 20.3 Å². The molecule has 1 N–H and O–H groups in total. The van der Waals surface area contributed by atoms with Crippen LogP contribution in [0.1, 0.15) is 10.4 Å². The lowest BCUT2D eigenvalue weighted by atomic mass is 10.1. The van der Waals surface area contributed by atoms with E-state index in [1.807, 2.05) is 0 Å². The third-order valence-corrected chi connectivity index (χ3v) is 3.47. The number of amides is 1. The Labute approximate surface area is 138 Å². The molecule has 5 nitrogen and oxygen atoms in total. The average Bonchev–Trinajstić information content (AvgIpc) is 3.10.